The second-order valence-corrected chi connectivity index (χ2v) is 9.24. The zero-order valence-electron chi connectivity index (χ0n) is 35.5. The fourth-order valence-electron chi connectivity index (χ4n) is 5.50. The van der Waals surface area contributed by atoms with Crippen LogP contribution in [0, 0.1) is 0 Å². The number of rotatable bonds is 2. The highest BCUT2D eigenvalue weighted by Crippen LogP contribution is 2.41. The second-order valence-electron chi connectivity index (χ2n) is 9.24. The van der Waals surface area contributed by atoms with Gasteiger partial charge in [-0.05, 0) is 86.9 Å². The van der Waals surface area contributed by atoms with Crippen LogP contribution in [0.15, 0.2) is 133 Å². The third-order valence-electron chi connectivity index (χ3n) is 7.24. The molecular formula is C38H22. The molecule has 0 aliphatic rings. The second kappa shape index (κ2) is 7.31. The van der Waals surface area contributed by atoms with Crippen LogP contribution in [0.2, 0.25) is 0 Å². The maximum Gasteiger partial charge on any atom is 0.0630 e. The van der Waals surface area contributed by atoms with Gasteiger partial charge in [0, 0.05) is 0 Å². The lowest BCUT2D eigenvalue weighted by atomic mass is 9.88. The van der Waals surface area contributed by atoms with Crippen LogP contribution in [0.1, 0.15) is 21.9 Å². The molecule has 0 amide bonds. The van der Waals surface area contributed by atoms with Crippen LogP contribution >= 0.6 is 0 Å². The Morgan fingerprint density at radius 3 is 1.37 bits per heavy atom. The van der Waals surface area contributed by atoms with Crippen LogP contribution in [-0.4, -0.2) is 0 Å². The van der Waals surface area contributed by atoms with Crippen molar-refractivity contribution in [3.05, 3.63) is 133 Å². The lowest BCUT2D eigenvalue weighted by molar-refractivity contribution is 1.64. The van der Waals surface area contributed by atoms with E-state index in [2.05, 4.69) is 0 Å². The van der Waals surface area contributed by atoms with Crippen molar-refractivity contribution in [3.8, 4) is 22.3 Å². The fraction of sp³-hybridized carbons (Fsp3) is 0. The van der Waals surface area contributed by atoms with Crippen molar-refractivity contribution in [1.82, 2.24) is 0 Å². The van der Waals surface area contributed by atoms with Crippen molar-refractivity contribution in [1.29, 1.82) is 0 Å². The van der Waals surface area contributed by atoms with Gasteiger partial charge in [-0.2, -0.15) is 0 Å². The Balaban J connectivity index is 1.38. The van der Waals surface area contributed by atoms with Crippen LogP contribution in [0.5, 0.6) is 0 Å². The predicted octanol–water partition coefficient (Wildman–Crippen LogP) is 10.8. The monoisotopic (exact) mass is 494 g/mol. The van der Waals surface area contributed by atoms with Crippen molar-refractivity contribution < 1.29 is 21.9 Å². The van der Waals surface area contributed by atoms with Crippen molar-refractivity contribution in [3.63, 3.8) is 0 Å². The van der Waals surface area contributed by atoms with Gasteiger partial charge < -0.3 is 0 Å². The highest BCUT2D eigenvalue weighted by molar-refractivity contribution is 6.26. The van der Waals surface area contributed by atoms with Gasteiger partial charge in [0.05, 0.1) is 21.9 Å². The first-order chi connectivity index (χ1) is 25.5. The average Bonchev–Trinajstić information content (AvgIpc) is 3.13. The van der Waals surface area contributed by atoms with Crippen LogP contribution < -0.4 is 0 Å². The van der Waals surface area contributed by atoms with Gasteiger partial charge in [-0.15, -0.1) is 0 Å². The molecule has 0 saturated heterocycles. The Kier molecular flexibility index (Phi) is 2.01. The molecule has 0 fully saturated rings. The van der Waals surface area contributed by atoms with Gasteiger partial charge in [0.15, 0.2) is 0 Å². The minimum atomic E-state index is -0.560. The summed E-state index contributed by atoms with van der Waals surface area (Å²) in [6, 6.07) is 2.97. The van der Waals surface area contributed by atoms with E-state index in [4.69, 9.17) is 21.9 Å². The molecule has 0 aliphatic carbocycles. The van der Waals surface area contributed by atoms with Gasteiger partial charge >= 0.3 is 0 Å². The zero-order valence-corrected chi connectivity index (χ0v) is 19.5. The number of hydrogen-bond acceptors (Lipinski definition) is 0. The quantitative estimate of drug-likeness (QED) is 0.210. The smallest absolute Gasteiger partial charge is 0.0610 e. The molecule has 0 unspecified atom stereocenters. The topological polar surface area (TPSA) is 0 Å². The highest BCUT2D eigenvalue weighted by Gasteiger charge is 2.14. The van der Waals surface area contributed by atoms with Gasteiger partial charge in [-0.1, -0.05) is 133 Å². The summed E-state index contributed by atoms with van der Waals surface area (Å²) < 4.78 is 141. The first-order valence-corrected chi connectivity index (χ1v) is 12.0. The molecule has 0 atom stereocenters. The summed E-state index contributed by atoms with van der Waals surface area (Å²) in [7, 11) is 0. The maximum atomic E-state index is 9.09. The Morgan fingerprint density at radius 2 is 0.763 bits per heavy atom. The largest absolute Gasteiger partial charge is 0.0630 e. The molecule has 0 radical (unpaired) electrons. The predicted molar refractivity (Wildman–Crippen MR) is 165 cm³/mol. The molecule has 0 spiro atoms. The molecule has 0 heteroatoms. The third kappa shape index (κ3) is 2.64. The summed E-state index contributed by atoms with van der Waals surface area (Å²) in [6.45, 7) is 0. The Hall–Kier alpha value is -4.94. The SMILES string of the molecule is [2H]c1cc2cc([2H])c3c([2H])c([2H])c(-c4ccc(-c5c([2H])c([2H])c6c([2H])c([2H])c7c([2H])c([2H])c([2H])c8c([2H])c([2H])c5c6c78)cc4)c4c([2H])c([2H])c(c1[2H])c2c34. The number of hydrogen-bond donors (Lipinski definition) is 0. The van der Waals surface area contributed by atoms with Crippen LogP contribution in [-0.2, 0) is 0 Å². The molecule has 0 nitrogen and oxygen atoms in total. The van der Waals surface area contributed by atoms with Crippen molar-refractivity contribution in [2.45, 2.75) is 0 Å². The Bertz CT molecular complexity index is 3180. The molecule has 0 bridgehead atoms. The molecule has 9 aromatic carbocycles. The van der Waals surface area contributed by atoms with Crippen molar-refractivity contribution >= 4 is 64.6 Å². The van der Waals surface area contributed by atoms with Crippen molar-refractivity contribution in [2.24, 2.45) is 0 Å². The molecule has 9 aromatic rings. The average molecular weight is 495 g/mol. The van der Waals surface area contributed by atoms with E-state index in [-0.39, 0.29) is 113 Å². The molecule has 9 rings (SSSR count). The fourth-order valence-corrected chi connectivity index (χ4v) is 5.50. The van der Waals surface area contributed by atoms with E-state index in [1.165, 1.54) is 12.1 Å². The van der Waals surface area contributed by atoms with E-state index in [1.54, 1.807) is 24.3 Å². The Morgan fingerprint density at radius 1 is 0.316 bits per heavy atom. The van der Waals surface area contributed by atoms with E-state index in [0.717, 1.165) is 0 Å². The summed E-state index contributed by atoms with van der Waals surface area (Å²) in [6.07, 6.45) is 0. The minimum Gasteiger partial charge on any atom is -0.0610 e. The molecule has 38 heavy (non-hydrogen) atoms. The third-order valence-corrected chi connectivity index (χ3v) is 7.24. The lowest BCUT2D eigenvalue weighted by Crippen LogP contribution is -1.88. The summed E-state index contributed by atoms with van der Waals surface area (Å²) >= 11 is 0. The first-order valence-electron chi connectivity index (χ1n) is 20.0. The Labute approximate surface area is 242 Å². The molecule has 0 aliphatic heterocycles. The molecule has 0 N–H and O–H groups in total. The van der Waals surface area contributed by atoms with Gasteiger partial charge in [0.25, 0.3) is 0 Å². The summed E-state index contributed by atoms with van der Waals surface area (Å²) in [5, 5.41) is 0.903. The van der Waals surface area contributed by atoms with Crippen LogP contribution in [0.4, 0.5) is 0 Å². The van der Waals surface area contributed by atoms with E-state index < -0.39 is 54.4 Å². The lowest BCUT2D eigenvalue weighted by Gasteiger charge is -2.15. The molecule has 0 aromatic heterocycles. The summed E-state index contributed by atoms with van der Waals surface area (Å²) in [4.78, 5) is 0. The van der Waals surface area contributed by atoms with Gasteiger partial charge in [0.1, 0.15) is 0 Å². The summed E-state index contributed by atoms with van der Waals surface area (Å²) in [5.41, 5.74) is 0.773. The first kappa shape index (κ1) is 10.4. The highest BCUT2D eigenvalue weighted by atomic mass is 14.2. The van der Waals surface area contributed by atoms with Gasteiger partial charge in [-0.25, -0.2) is 0 Å². The zero-order chi connectivity index (χ0) is 38.7. The maximum absolute atomic E-state index is 9.09. The van der Waals surface area contributed by atoms with E-state index >= 15 is 0 Å². The van der Waals surface area contributed by atoms with Crippen LogP contribution in [0.3, 0.4) is 0 Å². The molecular weight excluding hydrogens is 456 g/mol. The van der Waals surface area contributed by atoms with Gasteiger partial charge in [-0.3, -0.25) is 0 Å². The van der Waals surface area contributed by atoms with E-state index in [9.17, 15) is 0 Å². The minimum absolute atomic E-state index is 0.00105. The molecule has 0 heterocycles. The van der Waals surface area contributed by atoms with E-state index in [1.807, 2.05) is 0 Å². The normalized spacial score (nSPS) is 18.1. The van der Waals surface area contributed by atoms with E-state index in [0.29, 0.717) is 16.3 Å². The van der Waals surface area contributed by atoms with Crippen LogP contribution in [0.25, 0.3) is 86.9 Å². The van der Waals surface area contributed by atoms with Gasteiger partial charge in [0.2, 0.25) is 0 Å². The molecule has 174 valence electrons. The molecule has 0 saturated carbocycles. The standard InChI is InChI=1S/C38H22/c1-3-25-11-13-29-15-19-31(33-21-17-27(5-1)35(25)37(29)33)23-7-9-24(10-8-23)32-20-16-30-14-12-26-4-2-6-28-18-22-34(32)38(30)36(26)28/h1-22H/i1D,2D,3D,5D,6D,11D,13D,14D,15D,16D,17D,18D,19D,20D,21D,22D. The summed E-state index contributed by atoms with van der Waals surface area (Å²) in [5.74, 6) is 0. The number of benzene rings is 9. The van der Waals surface area contributed by atoms with Crippen molar-refractivity contribution in [2.75, 3.05) is 0 Å².